The number of carbonyl (C=O) groups excluding carboxylic acids is 2. The van der Waals surface area contributed by atoms with Gasteiger partial charge < -0.3 is 4.74 Å². The van der Waals surface area contributed by atoms with Gasteiger partial charge in [-0.3, -0.25) is 9.59 Å². The van der Waals surface area contributed by atoms with Gasteiger partial charge in [0.25, 0.3) is 0 Å². The van der Waals surface area contributed by atoms with Crippen LogP contribution in [0.2, 0.25) is 0 Å². The summed E-state index contributed by atoms with van der Waals surface area (Å²) in [5, 5.41) is 0. The third-order valence-corrected chi connectivity index (χ3v) is 0.836. The molecular weight excluding hydrogens is 132 g/mol. The number of esters is 1. The Morgan fingerprint density at radius 2 is 2.10 bits per heavy atom. The Morgan fingerprint density at radius 3 is 2.50 bits per heavy atom. The van der Waals surface area contributed by atoms with Crippen molar-refractivity contribution in [1.82, 2.24) is 0 Å². The highest BCUT2D eigenvalue weighted by molar-refractivity contribution is 5.89. The molecule has 0 bridgehead atoms. The normalized spacial score (nSPS) is 9.80. The van der Waals surface area contributed by atoms with E-state index < -0.39 is 5.97 Å². The molecule has 0 radical (unpaired) electrons. The second-order valence-electron chi connectivity index (χ2n) is 1.73. The highest BCUT2D eigenvalue weighted by Gasteiger charge is 1.89. The van der Waals surface area contributed by atoms with Crippen LogP contribution in [-0.4, -0.2) is 11.8 Å². The molecule has 3 heteroatoms. The molecule has 56 valence electrons. The topological polar surface area (TPSA) is 43.4 Å². The molecule has 0 saturated heterocycles. The minimum Gasteiger partial charge on any atom is -0.435 e. The molecule has 0 atom stereocenters. The number of rotatable bonds is 3. The molecule has 0 spiro atoms. The van der Waals surface area contributed by atoms with Crippen LogP contribution in [0.25, 0.3) is 0 Å². The van der Waals surface area contributed by atoms with Gasteiger partial charge in [0.1, 0.15) is 0 Å². The molecule has 0 rings (SSSR count). The van der Waals surface area contributed by atoms with Gasteiger partial charge in [0.05, 0.1) is 6.26 Å². The van der Waals surface area contributed by atoms with E-state index in [0.29, 0.717) is 6.42 Å². The van der Waals surface area contributed by atoms with Crippen LogP contribution in [0.1, 0.15) is 20.3 Å². The van der Waals surface area contributed by atoms with Crippen molar-refractivity contribution in [3.05, 3.63) is 12.3 Å². The van der Waals surface area contributed by atoms with Crippen molar-refractivity contribution in [3.63, 3.8) is 0 Å². The minimum absolute atomic E-state index is 0.0544. The van der Waals surface area contributed by atoms with E-state index in [0.717, 1.165) is 6.26 Å². The molecule has 0 heterocycles. The number of hydrogen-bond acceptors (Lipinski definition) is 3. The fourth-order valence-corrected chi connectivity index (χ4v) is 0.324. The van der Waals surface area contributed by atoms with Gasteiger partial charge in [-0.25, -0.2) is 0 Å². The monoisotopic (exact) mass is 142 g/mol. The number of hydrogen-bond donors (Lipinski definition) is 0. The van der Waals surface area contributed by atoms with Crippen molar-refractivity contribution in [2.45, 2.75) is 20.3 Å². The molecule has 10 heavy (non-hydrogen) atoms. The third-order valence-electron chi connectivity index (χ3n) is 0.836. The Kier molecular flexibility index (Phi) is 4.20. The highest BCUT2D eigenvalue weighted by atomic mass is 16.5. The lowest BCUT2D eigenvalue weighted by Crippen LogP contribution is -1.92. The summed E-state index contributed by atoms with van der Waals surface area (Å²) in [7, 11) is 0. The van der Waals surface area contributed by atoms with Crippen LogP contribution in [0, 0.1) is 0 Å². The van der Waals surface area contributed by atoms with Crippen molar-refractivity contribution in [1.29, 1.82) is 0 Å². The summed E-state index contributed by atoms with van der Waals surface area (Å²) in [6.45, 7) is 3.02. The van der Waals surface area contributed by atoms with Crippen LogP contribution in [0.4, 0.5) is 0 Å². The molecule has 0 saturated carbocycles. The van der Waals surface area contributed by atoms with E-state index in [1.54, 1.807) is 6.92 Å². The average Bonchev–Trinajstić information content (AvgIpc) is 1.87. The number of ketones is 1. The molecule has 0 aromatic rings. The number of allylic oxidation sites excluding steroid dienone is 1. The third kappa shape index (κ3) is 5.03. The first-order valence-electron chi connectivity index (χ1n) is 3.03. The summed E-state index contributed by atoms with van der Waals surface area (Å²) in [5.74, 6) is -0.471. The standard InChI is InChI=1S/C7H10O3/c1-3-7(9)4-5-10-6(2)8/h4-5H,3H2,1-2H3. The first-order chi connectivity index (χ1) is 4.66. The predicted octanol–water partition coefficient (Wildman–Crippen LogP) is 1.04. The molecular formula is C7H10O3. The molecule has 3 nitrogen and oxygen atoms in total. The summed E-state index contributed by atoms with van der Waals surface area (Å²) < 4.78 is 4.37. The Hall–Kier alpha value is -1.12. The van der Waals surface area contributed by atoms with E-state index in [-0.39, 0.29) is 5.78 Å². The zero-order valence-corrected chi connectivity index (χ0v) is 6.09. The second kappa shape index (κ2) is 4.73. The van der Waals surface area contributed by atoms with E-state index in [4.69, 9.17) is 0 Å². The van der Waals surface area contributed by atoms with E-state index >= 15 is 0 Å². The Labute approximate surface area is 59.7 Å². The molecule has 0 amide bonds. The van der Waals surface area contributed by atoms with Gasteiger partial charge in [-0.15, -0.1) is 0 Å². The van der Waals surface area contributed by atoms with Gasteiger partial charge in [-0.1, -0.05) is 6.92 Å². The van der Waals surface area contributed by atoms with E-state index in [2.05, 4.69) is 4.74 Å². The molecule has 0 N–H and O–H groups in total. The summed E-state index contributed by atoms with van der Waals surface area (Å²) in [5.41, 5.74) is 0. The van der Waals surface area contributed by atoms with Gasteiger partial charge in [0, 0.05) is 19.4 Å². The number of ether oxygens (including phenoxy) is 1. The fourth-order valence-electron chi connectivity index (χ4n) is 0.324. The first kappa shape index (κ1) is 8.88. The van der Waals surface area contributed by atoms with Crippen molar-refractivity contribution in [2.24, 2.45) is 0 Å². The summed E-state index contributed by atoms with van der Waals surface area (Å²) in [4.78, 5) is 20.6. The van der Waals surface area contributed by atoms with Crippen LogP contribution >= 0.6 is 0 Å². The Morgan fingerprint density at radius 1 is 1.50 bits per heavy atom. The molecule has 0 aromatic heterocycles. The average molecular weight is 142 g/mol. The SMILES string of the molecule is CCC(=O)C=COC(C)=O. The summed E-state index contributed by atoms with van der Waals surface area (Å²) >= 11 is 0. The van der Waals surface area contributed by atoms with Gasteiger partial charge in [-0.05, 0) is 0 Å². The Bertz CT molecular complexity index is 158. The van der Waals surface area contributed by atoms with Gasteiger partial charge >= 0.3 is 5.97 Å². The van der Waals surface area contributed by atoms with Crippen LogP contribution in [0.3, 0.4) is 0 Å². The molecule has 0 aliphatic heterocycles. The van der Waals surface area contributed by atoms with Crippen molar-refractivity contribution in [3.8, 4) is 0 Å². The van der Waals surface area contributed by atoms with Gasteiger partial charge in [-0.2, -0.15) is 0 Å². The minimum atomic E-state index is -0.417. The zero-order valence-electron chi connectivity index (χ0n) is 6.09. The smallest absolute Gasteiger partial charge is 0.307 e. The van der Waals surface area contributed by atoms with Crippen molar-refractivity contribution < 1.29 is 14.3 Å². The van der Waals surface area contributed by atoms with Crippen LogP contribution in [0.5, 0.6) is 0 Å². The molecule has 0 unspecified atom stereocenters. The molecule has 0 aliphatic rings. The highest BCUT2D eigenvalue weighted by Crippen LogP contribution is 1.84. The van der Waals surface area contributed by atoms with Crippen LogP contribution < -0.4 is 0 Å². The maximum absolute atomic E-state index is 10.5. The number of carbonyl (C=O) groups is 2. The van der Waals surface area contributed by atoms with E-state index in [9.17, 15) is 9.59 Å². The van der Waals surface area contributed by atoms with E-state index in [1.807, 2.05) is 0 Å². The largest absolute Gasteiger partial charge is 0.435 e. The maximum atomic E-state index is 10.5. The second-order valence-corrected chi connectivity index (χ2v) is 1.73. The summed E-state index contributed by atoms with van der Waals surface area (Å²) in [6.07, 6.45) is 2.77. The lowest BCUT2D eigenvalue weighted by Gasteiger charge is -1.88. The first-order valence-corrected chi connectivity index (χ1v) is 3.03. The van der Waals surface area contributed by atoms with Crippen molar-refractivity contribution in [2.75, 3.05) is 0 Å². The maximum Gasteiger partial charge on any atom is 0.307 e. The molecule has 0 aromatic carbocycles. The fraction of sp³-hybridized carbons (Fsp3) is 0.429. The summed E-state index contributed by atoms with van der Waals surface area (Å²) in [6, 6.07) is 0. The predicted molar refractivity (Wildman–Crippen MR) is 36.2 cm³/mol. The molecule has 0 fully saturated rings. The quantitative estimate of drug-likeness (QED) is 0.336. The van der Waals surface area contributed by atoms with E-state index in [1.165, 1.54) is 13.0 Å². The van der Waals surface area contributed by atoms with Gasteiger partial charge in [0.15, 0.2) is 5.78 Å². The lowest BCUT2D eigenvalue weighted by molar-refractivity contribution is -0.135. The van der Waals surface area contributed by atoms with Crippen molar-refractivity contribution >= 4 is 11.8 Å². The Balaban J connectivity index is 3.56. The van der Waals surface area contributed by atoms with Crippen LogP contribution in [-0.2, 0) is 14.3 Å². The van der Waals surface area contributed by atoms with Gasteiger partial charge in [0.2, 0.25) is 0 Å². The molecule has 0 aliphatic carbocycles. The van der Waals surface area contributed by atoms with Crippen LogP contribution in [0.15, 0.2) is 12.3 Å². The lowest BCUT2D eigenvalue weighted by atomic mass is 10.3. The zero-order chi connectivity index (χ0) is 7.98.